The lowest BCUT2D eigenvalue weighted by Crippen LogP contribution is -2.35. The van der Waals surface area contributed by atoms with Gasteiger partial charge in [0.05, 0.1) is 6.61 Å². The number of aromatic nitrogens is 1. The highest BCUT2D eigenvalue weighted by molar-refractivity contribution is 5.82. The molecular formula is C28H28N2O4. The lowest BCUT2D eigenvalue weighted by Gasteiger charge is -2.22. The molecule has 0 aliphatic carbocycles. The molecule has 0 amide bonds. The molecule has 34 heavy (non-hydrogen) atoms. The van der Waals surface area contributed by atoms with Gasteiger partial charge in [0.15, 0.2) is 5.58 Å². The molecule has 0 spiro atoms. The first-order chi connectivity index (χ1) is 16.5. The molecule has 1 aromatic heterocycles. The Labute approximate surface area is 198 Å². The average molecular weight is 457 g/mol. The zero-order valence-electron chi connectivity index (χ0n) is 19.5. The van der Waals surface area contributed by atoms with Crippen LogP contribution >= 0.6 is 0 Å². The van der Waals surface area contributed by atoms with Crippen LogP contribution in [0.15, 0.2) is 65.1 Å². The van der Waals surface area contributed by atoms with Crippen molar-refractivity contribution in [2.45, 2.75) is 39.3 Å². The predicted molar refractivity (Wildman–Crippen MR) is 132 cm³/mol. The lowest BCUT2D eigenvalue weighted by molar-refractivity contribution is -0.142. The van der Waals surface area contributed by atoms with Gasteiger partial charge >= 0.3 is 5.97 Å². The summed E-state index contributed by atoms with van der Waals surface area (Å²) in [5.74, 6) is 0.506. The first-order valence-corrected chi connectivity index (χ1v) is 11.7. The summed E-state index contributed by atoms with van der Waals surface area (Å²) in [6, 6.07) is 19.8. The van der Waals surface area contributed by atoms with Crippen molar-refractivity contribution in [2.24, 2.45) is 0 Å². The number of hydrogen-bond donors (Lipinski definition) is 1. The Kier molecular flexibility index (Phi) is 6.07. The van der Waals surface area contributed by atoms with Crippen molar-refractivity contribution in [2.75, 3.05) is 13.2 Å². The molecule has 4 aromatic rings. The van der Waals surface area contributed by atoms with E-state index in [9.17, 15) is 9.90 Å². The molecule has 5 rings (SSSR count). The highest BCUT2D eigenvalue weighted by atomic mass is 16.5. The first kappa shape index (κ1) is 22.2. The zero-order chi connectivity index (χ0) is 23.7. The van der Waals surface area contributed by atoms with E-state index >= 15 is 0 Å². The molecule has 1 atom stereocenters. The number of hydrogen-bond acceptors (Lipinski definition) is 5. The molecule has 0 saturated carbocycles. The normalized spacial score (nSPS) is 16.2. The summed E-state index contributed by atoms with van der Waals surface area (Å²) in [5.41, 5.74) is 6.67. The topological polar surface area (TPSA) is 75.8 Å². The molecule has 1 aliphatic heterocycles. The van der Waals surface area contributed by atoms with E-state index in [1.54, 1.807) is 0 Å². The minimum absolute atomic E-state index is 0.457. The second-order valence-corrected chi connectivity index (χ2v) is 8.69. The molecular weight excluding hydrogens is 428 g/mol. The lowest BCUT2D eigenvalue weighted by atomic mass is 9.96. The van der Waals surface area contributed by atoms with E-state index in [1.807, 2.05) is 54.3 Å². The largest absolute Gasteiger partial charge is 0.493 e. The van der Waals surface area contributed by atoms with Gasteiger partial charge < -0.3 is 14.3 Å². The molecule has 6 nitrogen and oxygen atoms in total. The fourth-order valence-electron chi connectivity index (χ4n) is 4.84. The van der Waals surface area contributed by atoms with Gasteiger partial charge in [0.1, 0.15) is 17.3 Å². The van der Waals surface area contributed by atoms with Gasteiger partial charge in [-0.1, -0.05) is 42.5 Å². The first-order valence-electron chi connectivity index (χ1n) is 11.7. The van der Waals surface area contributed by atoms with Crippen molar-refractivity contribution >= 4 is 17.1 Å². The molecule has 2 heterocycles. The Morgan fingerprint density at radius 1 is 1.15 bits per heavy atom. The van der Waals surface area contributed by atoms with E-state index in [2.05, 4.69) is 25.1 Å². The van der Waals surface area contributed by atoms with Gasteiger partial charge in [0.25, 0.3) is 0 Å². The van der Waals surface area contributed by atoms with Crippen LogP contribution in [0.1, 0.15) is 30.9 Å². The van der Waals surface area contributed by atoms with Crippen LogP contribution in [0.4, 0.5) is 0 Å². The van der Waals surface area contributed by atoms with Crippen LogP contribution in [0.25, 0.3) is 33.7 Å². The summed E-state index contributed by atoms with van der Waals surface area (Å²) in [6.45, 7) is 5.81. The van der Waals surface area contributed by atoms with E-state index in [-0.39, 0.29) is 0 Å². The van der Waals surface area contributed by atoms with E-state index in [1.165, 1.54) is 0 Å². The number of carboxylic acids is 1. The van der Waals surface area contributed by atoms with Crippen LogP contribution < -0.4 is 4.74 Å². The summed E-state index contributed by atoms with van der Waals surface area (Å²) in [7, 11) is 0. The van der Waals surface area contributed by atoms with Crippen LogP contribution in [0.2, 0.25) is 0 Å². The van der Waals surface area contributed by atoms with Gasteiger partial charge in [-0.2, -0.15) is 0 Å². The van der Waals surface area contributed by atoms with E-state index in [0.717, 1.165) is 46.3 Å². The minimum Gasteiger partial charge on any atom is -0.493 e. The number of ether oxygens (including phenoxy) is 1. The fourth-order valence-corrected chi connectivity index (χ4v) is 4.84. The molecule has 1 aliphatic rings. The van der Waals surface area contributed by atoms with Gasteiger partial charge in [-0.25, -0.2) is 4.98 Å². The van der Waals surface area contributed by atoms with Crippen molar-refractivity contribution in [1.29, 1.82) is 0 Å². The third-order valence-electron chi connectivity index (χ3n) is 6.54. The highest BCUT2D eigenvalue weighted by Gasteiger charge is 2.31. The number of carboxylic acid groups (broad SMARTS) is 1. The van der Waals surface area contributed by atoms with Gasteiger partial charge in [-0.3, -0.25) is 9.69 Å². The van der Waals surface area contributed by atoms with E-state index in [4.69, 9.17) is 14.1 Å². The van der Waals surface area contributed by atoms with Crippen molar-refractivity contribution in [3.63, 3.8) is 0 Å². The van der Waals surface area contributed by atoms with Gasteiger partial charge in [0, 0.05) is 23.7 Å². The Balaban J connectivity index is 1.53. The Hall–Kier alpha value is -3.64. The van der Waals surface area contributed by atoms with Crippen LogP contribution in [-0.2, 0) is 11.3 Å². The zero-order valence-corrected chi connectivity index (χ0v) is 19.5. The Morgan fingerprint density at radius 2 is 1.94 bits per heavy atom. The highest BCUT2D eigenvalue weighted by Crippen LogP contribution is 2.35. The molecule has 6 heteroatoms. The molecule has 0 unspecified atom stereocenters. The maximum atomic E-state index is 11.6. The van der Waals surface area contributed by atoms with Crippen LogP contribution in [0.5, 0.6) is 5.75 Å². The number of oxazole rings is 1. The second-order valence-electron chi connectivity index (χ2n) is 8.69. The number of rotatable bonds is 7. The van der Waals surface area contributed by atoms with E-state index < -0.39 is 12.0 Å². The van der Waals surface area contributed by atoms with Gasteiger partial charge in [-0.15, -0.1) is 0 Å². The van der Waals surface area contributed by atoms with Crippen molar-refractivity contribution in [1.82, 2.24) is 9.88 Å². The van der Waals surface area contributed by atoms with Crippen LogP contribution in [0, 0.1) is 6.92 Å². The number of likely N-dealkylation sites (tertiary alicyclic amines) is 1. The third kappa shape index (κ3) is 4.17. The van der Waals surface area contributed by atoms with Crippen LogP contribution in [0.3, 0.4) is 0 Å². The van der Waals surface area contributed by atoms with Crippen molar-refractivity contribution in [3.8, 4) is 28.3 Å². The standard InChI is InChI=1S/C28H28N2O4/c1-3-33-25-16-26-23(15-20(25)17-30-14-8-13-24(30)28(31)32)29-27(34-26)22-12-7-11-21(18(22)2)19-9-5-4-6-10-19/h4-7,9-12,15-16,24H,3,8,13-14,17H2,1-2H3,(H,31,32)/t24-/m0/s1. The smallest absolute Gasteiger partial charge is 0.320 e. The maximum Gasteiger partial charge on any atom is 0.320 e. The van der Waals surface area contributed by atoms with Crippen molar-refractivity contribution in [3.05, 3.63) is 71.8 Å². The molecule has 0 bridgehead atoms. The quantitative estimate of drug-likeness (QED) is 0.372. The SMILES string of the molecule is CCOc1cc2oc(-c3cccc(-c4ccccc4)c3C)nc2cc1CN1CCC[C@H]1C(=O)O. The Morgan fingerprint density at radius 3 is 2.71 bits per heavy atom. The average Bonchev–Trinajstić information content (AvgIpc) is 3.47. The second kappa shape index (κ2) is 9.31. The summed E-state index contributed by atoms with van der Waals surface area (Å²) in [6.07, 6.45) is 1.56. The Bertz CT molecular complexity index is 1330. The summed E-state index contributed by atoms with van der Waals surface area (Å²) >= 11 is 0. The predicted octanol–water partition coefficient (Wildman–Crippen LogP) is 5.92. The monoisotopic (exact) mass is 456 g/mol. The molecule has 1 saturated heterocycles. The fraction of sp³-hybridized carbons (Fsp3) is 0.286. The van der Waals surface area contributed by atoms with Gasteiger partial charge in [0.2, 0.25) is 5.89 Å². The third-order valence-corrected chi connectivity index (χ3v) is 6.54. The maximum absolute atomic E-state index is 11.6. The number of aliphatic carboxylic acids is 1. The van der Waals surface area contributed by atoms with Crippen LogP contribution in [-0.4, -0.2) is 40.2 Å². The van der Waals surface area contributed by atoms with E-state index in [0.29, 0.717) is 36.8 Å². The summed E-state index contributed by atoms with van der Waals surface area (Å²) in [4.78, 5) is 18.5. The molecule has 1 N–H and O–H groups in total. The molecule has 3 aromatic carbocycles. The molecule has 0 radical (unpaired) electrons. The number of carbonyl (C=O) groups is 1. The molecule has 174 valence electrons. The minimum atomic E-state index is -0.769. The van der Waals surface area contributed by atoms with Crippen molar-refractivity contribution < 1.29 is 19.1 Å². The summed E-state index contributed by atoms with van der Waals surface area (Å²) < 4.78 is 12.1. The number of fused-ring (bicyclic) bond motifs is 1. The van der Waals surface area contributed by atoms with Gasteiger partial charge in [-0.05, 0) is 62.1 Å². The summed E-state index contributed by atoms with van der Waals surface area (Å²) in [5, 5.41) is 9.57. The number of nitrogens with zero attached hydrogens (tertiary/aromatic N) is 2. The molecule has 1 fully saturated rings. The number of benzene rings is 3.